The fraction of sp³-hybridized carbons (Fsp3) is 0.714. The third kappa shape index (κ3) is 5.33. The molecule has 0 amide bonds. The fourth-order valence-corrected chi connectivity index (χ4v) is 1.23. The topological polar surface area (TPSA) is 72.8 Å². The fourth-order valence-electron chi connectivity index (χ4n) is 0.885. The average molecular weight is 452 g/mol. The van der Waals surface area contributed by atoms with E-state index in [9.17, 15) is 65.5 Å². The molecule has 0 rings (SSSR count). The van der Waals surface area contributed by atoms with Gasteiger partial charge in [-0.2, -0.15) is 65.5 Å². The average Bonchev–Trinajstić information content (AvgIpc) is 2.34. The number of rotatable bonds is 7. The number of hydrogen-bond donors (Lipinski definition) is 1. The van der Waals surface area contributed by atoms with Gasteiger partial charge in [0.05, 0.1) is 0 Å². The van der Waals surface area contributed by atoms with Crippen LogP contribution in [0, 0.1) is 0 Å². The van der Waals surface area contributed by atoms with Crippen LogP contribution in [0.15, 0.2) is 12.1 Å². The molecule has 0 aromatic rings. The van der Waals surface area contributed by atoms with E-state index >= 15 is 0 Å². The van der Waals surface area contributed by atoms with Crippen molar-refractivity contribution in [3.63, 3.8) is 0 Å². The van der Waals surface area contributed by atoms with Crippen molar-refractivity contribution < 1.29 is 99.8 Å². The first-order valence-electron chi connectivity index (χ1n) is 4.99. The van der Waals surface area contributed by atoms with Gasteiger partial charge in [0.1, 0.15) is 0 Å². The Morgan fingerprint density at radius 2 is 1.19 bits per heavy atom. The van der Waals surface area contributed by atoms with E-state index in [0.717, 1.165) is 0 Å². The van der Waals surface area contributed by atoms with E-state index in [0.29, 0.717) is 0 Å². The Morgan fingerprint density at radius 3 is 1.44 bits per heavy atom. The van der Waals surface area contributed by atoms with E-state index in [-0.39, 0.29) is 20.3 Å². The van der Waals surface area contributed by atoms with Crippen LogP contribution in [0.25, 0.3) is 0 Å². The second kappa shape index (κ2) is 7.85. The molecule has 0 radical (unpaired) electrons. The number of hydrogen-bond acceptors (Lipinski definition) is 4. The third-order valence-electron chi connectivity index (χ3n) is 2.04. The molecule has 0 spiro atoms. The Hall–Kier alpha value is -0.903. The zero-order chi connectivity index (χ0) is 21.6. The number of halogens is 13. The van der Waals surface area contributed by atoms with Crippen LogP contribution in [-0.4, -0.2) is 42.5 Å². The standard InChI is InChI=1S/C7HF13O5S.Li.H/c8-1(9)2(10)24-5(15,16)3(11,4(12,13)14)25-6(17,18)7(19,20)26(21,22)23;;/h(H,21,22,23);;/q;+1;-1. The van der Waals surface area contributed by atoms with Crippen LogP contribution in [0.2, 0.25) is 0 Å². The van der Waals surface area contributed by atoms with Crippen molar-refractivity contribution in [2.24, 2.45) is 0 Å². The summed E-state index contributed by atoms with van der Waals surface area (Å²) in [6.07, 6.45) is -26.1. The van der Waals surface area contributed by atoms with Gasteiger partial charge >= 0.3 is 70.6 Å². The smallest absolute Gasteiger partial charge is 1.00 e. The zero-order valence-corrected chi connectivity index (χ0v) is 12.7. The zero-order valence-electron chi connectivity index (χ0n) is 12.9. The molecule has 0 aliphatic heterocycles. The van der Waals surface area contributed by atoms with Crippen LogP contribution in [0.1, 0.15) is 1.43 Å². The van der Waals surface area contributed by atoms with Gasteiger partial charge in [-0.3, -0.25) is 9.29 Å². The Balaban J connectivity index is -0.00000312. The molecule has 0 aromatic carbocycles. The van der Waals surface area contributed by atoms with E-state index in [1.54, 1.807) is 0 Å². The molecule has 1 unspecified atom stereocenters. The van der Waals surface area contributed by atoms with Crippen LogP contribution in [0.5, 0.6) is 0 Å². The van der Waals surface area contributed by atoms with Crippen LogP contribution in [0.3, 0.4) is 0 Å². The van der Waals surface area contributed by atoms with Crippen LogP contribution in [0.4, 0.5) is 57.1 Å². The van der Waals surface area contributed by atoms with E-state index < -0.39 is 51.7 Å². The van der Waals surface area contributed by atoms with Crippen molar-refractivity contribution in [3.05, 3.63) is 12.1 Å². The van der Waals surface area contributed by atoms with Gasteiger partial charge in [-0.1, -0.05) is 0 Å². The first-order chi connectivity index (χ1) is 11.0. The number of alkyl halides is 10. The summed E-state index contributed by atoms with van der Waals surface area (Å²) in [6.45, 7) is 0. The van der Waals surface area contributed by atoms with Crippen molar-refractivity contribution in [2.75, 3.05) is 0 Å². The van der Waals surface area contributed by atoms with E-state index in [1.165, 1.54) is 4.74 Å². The van der Waals surface area contributed by atoms with Crippen molar-refractivity contribution in [2.45, 2.75) is 29.5 Å². The van der Waals surface area contributed by atoms with E-state index in [1.807, 2.05) is 4.74 Å². The minimum absolute atomic E-state index is 0. The molecule has 20 heteroatoms. The molecule has 5 nitrogen and oxygen atoms in total. The first kappa shape index (κ1) is 28.3. The second-order valence-corrected chi connectivity index (χ2v) is 5.32. The molecule has 1 N–H and O–H groups in total. The molecule has 0 bridgehead atoms. The van der Waals surface area contributed by atoms with Gasteiger partial charge in [-0.05, 0) is 0 Å². The predicted molar refractivity (Wildman–Crippen MR) is 49.9 cm³/mol. The molecule has 0 saturated carbocycles. The molecule has 0 fully saturated rings. The van der Waals surface area contributed by atoms with Gasteiger partial charge < -0.3 is 6.16 Å². The molecule has 0 heterocycles. The Labute approximate surface area is 152 Å². The van der Waals surface area contributed by atoms with Crippen molar-refractivity contribution in [1.82, 2.24) is 0 Å². The number of ether oxygens (including phenoxy) is 2. The molecule has 27 heavy (non-hydrogen) atoms. The van der Waals surface area contributed by atoms with Crippen LogP contribution < -0.4 is 18.9 Å². The Kier molecular flexibility index (Phi) is 8.23. The second-order valence-electron chi connectivity index (χ2n) is 3.86. The van der Waals surface area contributed by atoms with Gasteiger partial charge in [-0.25, -0.2) is 0 Å². The SMILES string of the molecule is O=S(=O)(O)C(F)(F)C(F)(F)OC(F)(C(F)(F)F)C(F)(F)OC(F)=C(F)F.[H-].[Li+]. The molecule has 0 saturated heterocycles. The quantitative estimate of drug-likeness (QED) is 0.271. The Morgan fingerprint density at radius 1 is 0.815 bits per heavy atom. The molecule has 0 aliphatic carbocycles. The maximum atomic E-state index is 13.4. The summed E-state index contributed by atoms with van der Waals surface area (Å²) in [6, 6.07) is -3.95. The molecular formula is C7H2F13LiO5S. The monoisotopic (exact) mass is 452 g/mol. The maximum Gasteiger partial charge on any atom is 1.00 e. The summed E-state index contributed by atoms with van der Waals surface area (Å²) in [7, 11) is -7.39. The Bertz CT molecular complexity index is 675. The molecule has 0 aliphatic rings. The summed E-state index contributed by atoms with van der Waals surface area (Å²) in [5.74, 6) is -7.51. The maximum absolute atomic E-state index is 13.4. The van der Waals surface area contributed by atoms with Crippen LogP contribution in [-0.2, 0) is 19.6 Å². The summed E-state index contributed by atoms with van der Waals surface area (Å²) in [5.41, 5.74) is 0. The summed E-state index contributed by atoms with van der Waals surface area (Å²) < 4.78 is 194. The van der Waals surface area contributed by atoms with Gasteiger partial charge in [0.15, 0.2) is 0 Å². The van der Waals surface area contributed by atoms with Gasteiger partial charge in [0.25, 0.3) is 0 Å². The molecular weight excluding hydrogens is 450 g/mol. The van der Waals surface area contributed by atoms with E-state index in [4.69, 9.17) is 4.55 Å². The summed E-state index contributed by atoms with van der Waals surface area (Å²) in [5, 5.41) is -7.15. The molecule has 158 valence electrons. The summed E-state index contributed by atoms with van der Waals surface area (Å²) in [4.78, 5) is 0. The van der Waals surface area contributed by atoms with Crippen molar-refractivity contribution in [1.29, 1.82) is 0 Å². The third-order valence-corrected chi connectivity index (χ3v) is 2.92. The van der Waals surface area contributed by atoms with Gasteiger partial charge in [-0.15, -0.1) is 0 Å². The van der Waals surface area contributed by atoms with Crippen molar-refractivity contribution in [3.8, 4) is 0 Å². The normalized spacial score (nSPS) is 16.2. The van der Waals surface area contributed by atoms with Crippen LogP contribution >= 0.6 is 0 Å². The molecule has 1 atom stereocenters. The van der Waals surface area contributed by atoms with Gasteiger partial charge in [0, 0.05) is 0 Å². The van der Waals surface area contributed by atoms with E-state index in [2.05, 4.69) is 0 Å². The first-order valence-corrected chi connectivity index (χ1v) is 6.43. The molecule has 0 aromatic heterocycles. The largest absolute Gasteiger partial charge is 1.00 e. The minimum atomic E-state index is -7.53. The predicted octanol–water partition coefficient (Wildman–Crippen LogP) is 1.07. The summed E-state index contributed by atoms with van der Waals surface area (Å²) >= 11 is 0. The minimum Gasteiger partial charge on any atom is -1.00 e. The van der Waals surface area contributed by atoms with Crippen molar-refractivity contribution >= 4 is 10.1 Å². The van der Waals surface area contributed by atoms with Gasteiger partial charge in [0.2, 0.25) is 0 Å².